The van der Waals surface area contributed by atoms with Crippen molar-refractivity contribution in [3.63, 3.8) is 0 Å². The molecule has 1 aromatic heterocycles. The van der Waals surface area contributed by atoms with Crippen LogP contribution in [-0.4, -0.2) is 115 Å². The molecule has 13 heteroatoms. The van der Waals surface area contributed by atoms with E-state index in [0.29, 0.717) is 5.03 Å². The number of hydrogen-bond donors (Lipinski definition) is 7. The van der Waals surface area contributed by atoms with Crippen LogP contribution in [0.5, 0.6) is 0 Å². The molecule has 0 radical (unpaired) electrons. The van der Waals surface area contributed by atoms with Crippen molar-refractivity contribution in [2.24, 2.45) is 0 Å². The number of rotatable bonds is 7. The molecule has 0 aromatic carbocycles. The van der Waals surface area contributed by atoms with E-state index in [9.17, 15) is 35.4 Å². The normalized spacial score (nSPS) is 40.1. The van der Waals surface area contributed by atoms with Crippen LogP contribution in [0.15, 0.2) is 29.4 Å². The van der Waals surface area contributed by atoms with Crippen LogP contribution in [0, 0.1) is 0 Å². The zero-order chi connectivity index (χ0) is 23.4. The van der Waals surface area contributed by atoms with Crippen molar-refractivity contribution in [1.82, 2.24) is 10.3 Å². The van der Waals surface area contributed by atoms with Gasteiger partial charge in [-0.3, -0.25) is 4.79 Å². The van der Waals surface area contributed by atoms with Gasteiger partial charge >= 0.3 is 0 Å². The maximum atomic E-state index is 11.8. The summed E-state index contributed by atoms with van der Waals surface area (Å²) in [5, 5.41) is 63.6. The largest absolute Gasteiger partial charge is 0.394 e. The summed E-state index contributed by atoms with van der Waals surface area (Å²) in [7, 11) is 0. The summed E-state index contributed by atoms with van der Waals surface area (Å²) in [6.45, 7) is 0.0290. The summed E-state index contributed by atoms with van der Waals surface area (Å²) in [6.07, 6.45) is -9.98. The number of carbonyl (C=O) groups excluding carboxylic acids is 1. The maximum absolute atomic E-state index is 11.8. The highest BCUT2D eigenvalue weighted by molar-refractivity contribution is 7.99. The lowest BCUT2D eigenvalue weighted by Gasteiger charge is -2.47. The van der Waals surface area contributed by atoms with E-state index in [1.807, 2.05) is 0 Å². The van der Waals surface area contributed by atoms with E-state index in [4.69, 9.17) is 14.2 Å². The first-order valence-electron chi connectivity index (χ1n) is 10.0. The minimum absolute atomic E-state index is 0.446. The molecule has 2 aliphatic rings. The molecule has 10 atom stereocenters. The van der Waals surface area contributed by atoms with Gasteiger partial charge in [0, 0.05) is 13.1 Å². The Bertz CT molecular complexity index is 744. The van der Waals surface area contributed by atoms with Crippen LogP contribution in [0.3, 0.4) is 0 Å². The lowest BCUT2D eigenvalue weighted by Crippen LogP contribution is -2.66. The van der Waals surface area contributed by atoms with Crippen LogP contribution in [0.1, 0.15) is 6.92 Å². The molecule has 3 heterocycles. The molecule has 2 aliphatic heterocycles. The fourth-order valence-corrected chi connectivity index (χ4v) is 4.69. The molecule has 0 saturated carbocycles. The molecule has 0 spiro atoms. The number of amides is 1. The predicted octanol–water partition coefficient (Wildman–Crippen LogP) is -3.06. The van der Waals surface area contributed by atoms with Gasteiger partial charge in [0.15, 0.2) is 6.29 Å². The second-order valence-electron chi connectivity index (χ2n) is 7.53. The zero-order valence-electron chi connectivity index (χ0n) is 17.2. The molecule has 12 nitrogen and oxygen atoms in total. The van der Waals surface area contributed by atoms with Crippen molar-refractivity contribution in [3.05, 3.63) is 24.4 Å². The fraction of sp³-hybridized carbons (Fsp3) is 0.684. The Balaban J connectivity index is 1.80. The van der Waals surface area contributed by atoms with Crippen LogP contribution in [0.25, 0.3) is 0 Å². The average Bonchev–Trinajstić information content (AvgIpc) is 2.78. The topological polar surface area (TPSA) is 191 Å². The Morgan fingerprint density at radius 2 is 1.78 bits per heavy atom. The smallest absolute Gasteiger partial charge is 0.217 e. The van der Waals surface area contributed by atoms with Crippen LogP contribution in [-0.2, 0) is 19.0 Å². The van der Waals surface area contributed by atoms with Crippen LogP contribution in [0.2, 0.25) is 0 Å². The molecular formula is C19H28N2O10S. The number of nitrogens with one attached hydrogen (secondary N) is 1. The Labute approximate surface area is 188 Å². The van der Waals surface area contributed by atoms with E-state index in [0.717, 1.165) is 11.8 Å². The highest BCUT2D eigenvalue weighted by Crippen LogP contribution is 2.35. The van der Waals surface area contributed by atoms with Gasteiger partial charge < -0.3 is 50.2 Å². The number of thioether (sulfide) groups is 1. The Morgan fingerprint density at radius 1 is 1.06 bits per heavy atom. The molecule has 0 bridgehead atoms. The zero-order valence-corrected chi connectivity index (χ0v) is 18.0. The van der Waals surface area contributed by atoms with Gasteiger partial charge in [-0.2, -0.15) is 0 Å². The second-order valence-corrected chi connectivity index (χ2v) is 8.64. The highest BCUT2D eigenvalue weighted by Gasteiger charge is 2.51. The van der Waals surface area contributed by atoms with Crippen molar-refractivity contribution >= 4 is 17.7 Å². The number of hydrogen-bond acceptors (Lipinski definition) is 12. The number of carbonyl (C=O) groups is 1. The molecular weight excluding hydrogens is 448 g/mol. The molecule has 180 valence electrons. The molecule has 32 heavy (non-hydrogen) atoms. The first-order valence-corrected chi connectivity index (χ1v) is 10.9. The maximum Gasteiger partial charge on any atom is 0.217 e. The van der Waals surface area contributed by atoms with Crippen molar-refractivity contribution < 1.29 is 49.6 Å². The third-order valence-electron chi connectivity index (χ3n) is 5.24. The SMILES string of the molecule is CC(=O)N[C@@H]1[C@@H](O)[C@H](O[C@@H]2O[C@H](CO)[C@H](O)[C@H](O)[C@H]2O)[C@@H](CO)O[C@H]1Sc1ccccn1. The second kappa shape index (κ2) is 11.2. The minimum atomic E-state index is -1.71. The third kappa shape index (κ3) is 5.56. The molecule has 1 amide bonds. The van der Waals surface area contributed by atoms with Crippen molar-refractivity contribution in [3.8, 4) is 0 Å². The molecule has 2 saturated heterocycles. The molecule has 0 unspecified atom stereocenters. The van der Waals surface area contributed by atoms with E-state index < -0.39 is 79.6 Å². The van der Waals surface area contributed by atoms with Crippen LogP contribution in [0.4, 0.5) is 0 Å². The van der Waals surface area contributed by atoms with Gasteiger partial charge in [-0.25, -0.2) is 4.98 Å². The Hall–Kier alpha value is -1.39. The number of aromatic nitrogens is 1. The van der Waals surface area contributed by atoms with Gasteiger partial charge in [0.1, 0.15) is 48.2 Å². The summed E-state index contributed by atoms with van der Waals surface area (Å²) >= 11 is 1.13. The Kier molecular flexibility index (Phi) is 8.80. The number of aliphatic hydroxyl groups excluding tert-OH is 6. The number of aliphatic hydroxyl groups is 6. The standard InChI is InChI=1S/C19H28N2O10S/c1-8(24)21-12-14(26)17(31-18-16(28)15(27)13(25)9(6-22)29-18)10(7-23)30-19(12)32-11-4-2-3-5-20-11/h2-5,9-10,12-19,22-23,25-28H,6-7H2,1H3,(H,21,24)/t9-,10-,12-,13+,14-,15+,16-,17-,18+,19+/m1/s1. The average molecular weight is 477 g/mol. The third-order valence-corrected chi connectivity index (χ3v) is 6.36. The van der Waals surface area contributed by atoms with E-state index >= 15 is 0 Å². The summed E-state index contributed by atoms with van der Waals surface area (Å²) in [5.74, 6) is -0.446. The van der Waals surface area contributed by atoms with E-state index in [2.05, 4.69) is 10.3 Å². The van der Waals surface area contributed by atoms with E-state index in [1.54, 1.807) is 24.4 Å². The van der Waals surface area contributed by atoms with E-state index in [-0.39, 0.29) is 0 Å². The lowest BCUT2D eigenvalue weighted by molar-refractivity contribution is -0.333. The minimum Gasteiger partial charge on any atom is -0.394 e. The predicted molar refractivity (Wildman–Crippen MR) is 108 cm³/mol. The van der Waals surface area contributed by atoms with Gasteiger partial charge in [0.2, 0.25) is 5.91 Å². The molecule has 3 rings (SSSR count). The number of pyridine rings is 1. The van der Waals surface area contributed by atoms with Gasteiger partial charge in [-0.15, -0.1) is 0 Å². The van der Waals surface area contributed by atoms with Gasteiger partial charge in [0.05, 0.1) is 24.3 Å². The monoisotopic (exact) mass is 476 g/mol. The van der Waals surface area contributed by atoms with E-state index in [1.165, 1.54) is 6.92 Å². The molecule has 2 fully saturated rings. The molecule has 1 aromatic rings. The number of ether oxygens (including phenoxy) is 3. The lowest BCUT2D eigenvalue weighted by atomic mass is 9.96. The van der Waals surface area contributed by atoms with Gasteiger partial charge in [0.25, 0.3) is 0 Å². The van der Waals surface area contributed by atoms with Crippen LogP contribution < -0.4 is 5.32 Å². The highest BCUT2D eigenvalue weighted by atomic mass is 32.2. The quantitative estimate of drug-likeness (QED) is 0.211. The summed E-state index contributed by atoms with van der Waals surface area (Å²) in [4.78, 5) is 16.0. The molecule has 0 aliphatic carbocycles. The summed E-state index contributed by atoms with van der Waals surface area (Å²) in [5.41, 5.74) is -0.837. The van der Waals surface area contributed by atoms with Crippen molar-refractivity contribution in [2.75, 3.05) is 13.2 Å². The van der Waals surface area contributed by atoms with Gasteiger partial charge in [-0.05, 0) is 12.1 Å². The van der Waals surface area contributed by atoms with Crippen LogP contribution >= 0.6 is 11.8 Å². The van der Waals surface area contributed by atoms with Crippen molar-refractivity contribution in [1.29, 1.82) is 0 Å². The first kappa shape index (κ1) is 25.2. The Morgan fingerprint density at radius 3 is 2.38 bits per heavy atom. The van der Waals surface area contributed by atoms with Crippen molar-refractivity contribution in [2.45, 2.75) is 72.4 Å². The summed E-state index contributed by atoms with van der Waals surface area (Å²) < 4.78 is 16.9. The fourth-order valence-electron chi connectivity index (χ4n) is 3.59. The first-order chi connectivity index (χ1) is 15.3. The number of nitrogens with zero attached hydrogens (tertiary/aromatic N) is 1. The molecule has 7 N–H and O–H groups in total. The summed E-state index contributed by atoms with van der Waals surface area (Å²) in [6, 6.07) is 4.22. The van der Waals surface area contributed by atoms with Gasteiger partial charge in [-0.1, -0.05) is 17.8 Å².